The molecule has 0 unspecified atom stereocenters. The second-order valence-electron chi connectivity index (χ2n) is 8.03. The van der Waals surface area contributed by atoms with Crippen LogP contribution in [0.15, 0.2) is 66.7 Å². The number of pyridine rings is 1. The topological polar surface area (TPSA) is 42.6 Å². The van der Waals surface area contributed by atoms with Crippen LogP contribution in [0.5, 0.6) is 17.2 Å². The Balaban J connectivity index is 2.12. The lowest BCUT2D eigenvalue weighted by molar-refractivity contribution is -0.590. The molecular formula is C27H28NO3+. The fourth-order valence-electron chi connectivity index (χ4n) is 4.08. The Hall–Kier alpha value is -3.53. The number of aromatic nitrogens is 1. The molecule has 1 aromatic heterocycles. The smallest absolute Gasteiger partial charge is 0.253 e. The fraction of sp³-hybridized carbons (Fsp3) is 0.222. The van der Waals surface area contributed by atoms with Crippen molar-refractivity contribution < 1.29 is 19.1 Å². The zero-order chi connectivity index (χ0) is 22.1. The summed E-state index contributed by atoms with van der Waals surface area (Å²) in [5.41, 5.74) is 5.08. The zero-order valence-corrected chi connectivity index (χ0v) is 18.6. The highest BCUT2D eigenvalue weighted by atomic mass is 16.5. The maximum atomic E-state index is 10.7. The van der Waals surface area contributed by atoms with E-state index in [2.05, 4.69) is 55.7 Å². The first-order valence-electron chi connectivity index (χ1n) is 10.4. The van der Waals surface area contributed by atoms with E-state index in [1.54, 1.807) is 20.3 Å². The third-order valence-electron chi connectivity index (χ3n) is 5.72. The first-order chi connectivity index (χ1) is 14.9. The number of fused-ring (bicyclic) bond motifs is 1. The standard InChI is InChI=1S/C27H27NO3/c1-17(2)19-10-12-20(13-11-19)27-22-16-26(31-5)25(30-4)15-21(22)14-18(3)28(27)23-8-6-7-9-24(23)29/h6-17H,1-5H3/p+1. The minimum atomic E-state index is 0.232. The highest BCUT2D eigenvalue weighted by molar-refractivity contribution is 5.95. The van der Waals surface area contributed by atoms with Crippen LogP contribution in [0.2, 0.25) is 0 Å². The number of aryl methyl sites for hydroxylation is 1. The molecular weight excluding hydrogens is 386 g/mol. The van der Waals surface area contributed by atoms with Crippen molar-refractivity contribution in [3.8, 4) is 34.2 Å². The molecule has 0 bridgehead atoms. The number of hydrogen-bond donors (Lipinski definition) is 1. The molecule has 158 valence electrons. The van der Waals surface area contributed by atoms with Crippen LogP contribution in [0, 0.1) is 6.92 Å². The number of rotatable bonds is 5. The maximum absolute atomic E-state index is 10.7. The van der Waals surface area contributed by atoms with Crippen LogP contribution < -0.4 is 14.0 Å². The number of para-hydroxylation sites is 2. The van der Waals surface area contributed by atoms with Crippen molar-refractivity contribution in [3.05, 3.63) is 78.0 Å². The Kier molecular flexibility index (Phi) is 5.55. The molecule has 0 fully saturated rings. The van der Waals surface area contributed by atoms with E-state index < -0.39 is 0 Å². The number of methoxy groups -OCH3 is 2. The second kappa shape index (κ2) is 8.31. The minimum absolute atomic E-state index is 0.232. The molecule has 0 atom stereocenters. The van der Waals surface area contributed by atoms with Gasteiger partial charge in [-0.2, -0.15) is 4.57 Å². The summed E-state index contributed by atoms with van der Waals surface area (Å²) < 4.78 is 13.2. The Bertz CT molecular complexity index is 1240. The molecule has 1 heterocycles. The number of benzene rings is 3. The van der Waals surface area contributed by atoms with Gasteiger partial charge in [0.1, 0.15) is 0 Å². The third kappa shape index (κ3) is 3.70. The molecule has 4 aromatic rings. The average Bonchev–Trinajstić information content (AvgIpc) is 2.78. The number of ether oxygens (including phenoxy) is 2. The van der Waals surface area contributed by atoms with Crippen LogP contribution >= 0.6 is 0 Å². The summed E-state index contributed by atoms with van der Waals surface area (Å²) in [5, 5.41) is 12.7. The van der Waals surface area contributed by atoms with Gasteiger partial charge in [-0.3, -0.25) is 0 Å². The van der Waals surface area contributed by atoms with Gasteiger partial charge in [-0.05, 0) is 47.2 Å². The molecule has 4 rings (SSSR count). The van der Waals surface area contributed by atoms with Crippen LogP contribution in [-0.2, 0) is 0 Å². The molecule has 0 aliphatic carbocycles. The SMILES string of the molecule is COc1cc2cc(C)[n+](-c3ccccc3O)c(-c3ccc(C(C)C)cc3)c2cc1OC. The quantitative estimate of drug-likeness (QED) is 0.411. The number of phenols is 1. The Morgan fingerprint density at radius 2 is 1.48 bits per heavy atom. The summed E-state index contributed by atoms with van der Waals surface area (Å²) in [4.78, 5) is 0. The predicted molar refractivity (Wildman–Crippen MR) is 125 cm³/mol. The number of aromatic hydroxyl groups is 1. The first-order valence-corrected chi connectivity index (χ1v) is 10.4. The summed E-state index contributed by atoms with van der Waals surface area (Å²) in [6.45, 7) is 6.43. The molecule has 1 N–H and O–H groups in total. The van der Waals surface area contributed by atoms with E-state index in [4.69, 9.17) is 9.47 Å². The van der Waals surface area contributed by atoms with Crippen molar-refractivity contribution in [2.24, 2.45) is 0 Å². The van der Waals surface area contributed by atoms with E-state index in [0.29, 0.717) is 17.4 Å². The summed E-state index contributed by atoms with van der Waals surface area (Å²) in [6.07, 6.45) is 0. The van der Waals surface area contributed by atoms with Crippen molar-refractivity contribution in [2.45, 2.75) is 26.7 Å². The fourth-order valence-corrected chi connectivity index (χ4v) is 4.08. The number of hydrogen-bond acceptors (Lipinski definition) is 3. The van der Waals surface area contributed by atoms with Crippen molar-refractivity contribution in [1.82, 2.24) is 0 Å². The van der Waals surface area contributed by atoms with Gasteiger partial charge in [-0.15, -0.1) is 0 Å². The van der Waals surface area contributed by atoms with Gasteiger partial charge in [0.05, 0.1) is 19.6 Å². The Morgan fingerprint density at radius 1 is 0.839 bits per heavy atom. The molecule has 0 saturated heterocycles. The van der Waals surface area contributed by atoms with E-state index in [1.807, 2.05) is 30.3 Å². The summed E-state index contributed by atoms with van der Waals surface area (Å²) in [6, 6.07) is 22.2. The molecule has 0 saturated carbocycles. The number of nitrogens with zero attached hydrogens (tertiary/aromatic N) is 1. The van der Waals surface area contributed by atoms with Gasteiger partial charge in [0.25, 0.3) is 5.69 Å². The monoisotopic (exact) mass is 414 g/mol. The van der Waals surface area contributed by atoms with Crippen molar-refractivity contribution >= 4 is 10.8 Å². The lowest BCUT2D eigenvalue weighted by atomic mass is 9.97. The van der Waals surface area contributed by atoms with Crippen LogP contribution in [0.1, 0.15) is 31.0 Å². The zero-order valence-electron chi connectivity index (χ0n) is 18.6. The van der Waals surface area contributed by atoms with Gasteiger partial charge >= 0.3 is 0 Å². The molecule has 31 heavy (non-hydrogen) atoms. The lowest BCUT2D eigenvalue weighted by Gasteiger charge is -2.14. The van der Waals surface area contributed by atoms with E-state index in [-0.39, 0.29) is 5.75 Å². The normalized spacial score (nSPS) is 11.2. The van der Waals surface area contributed by atoms with E-state index in [9.17, 15) is 5.11 Å². The van der Waals surface area contributed by atoms with Crippen molar-refractivity contribution in [1.29, 1.82) is 0 Å². The predicted octanol–water partition coefficient (Wildman–Crippen LogP) is 5.94. The molecule has 4 nitrogen and oxygen atoms in total. The van der Waals surface area contributed by atoms with Gasteiger partial charge < -0.3 is 14.6 Å². The van der Waals surface area contributed by atoms with E-state index in [0.717, 1.165) is 33.4 Å². The third-order valence-corrected chi connectivity index (χ3v) is 5.72. The van der Waals surface area contributed by atoms with Gasteiger partial charge in [0.15, 0.2) is 22.9 Å². The second-order valence-corrected chi connectivity index (χ2v) is 8.03. The Labute approximate surface area is 183 Å². The molecule has 0 aliphatic heterocycles. The van der Waals surface area contributed by atoms with E-state index >= 15 is 0 Å². The van der Waals surface area contributed by atoms with Gasteiger partial charge in [0, 0.05) is 24.6 Å². The maximum Gasteiger partial charge on any atom is 0.253 e. The molecule has 0 radical (unpaired) electrons. The average molecular weight is 415 g/mol. The van der Waals surface area contributed by atoms with Crippen LogP contribution in [0.25, 0.3) is 27.7 Å². The van der Waals surface area contributed by atoms with Gasteiger partial charge in [-0.25, -0.2) is 0 Å². The summed E-state index contributed by atoms with van der Waals surface area (Å²) >= 11 is 0. The van der Waals surface area contributed by atoms with Crippen LogP contribution in [-0.4, -0.2) is 19.3 Å². The lowest BCUT2D eigenvalue weighted by Crippen LogP contribution is -2.37. The van der Waals surface area contributed by atoms with Crippen LogP contribution in [0.3, 0.4) is 0 Å². The summed E-state index contributed by atoms with van der Waals surface area (Å²) in [5.74, 6) is 2.05. The van der Waals surface area contributed by atoms with Gasteiger partial charge in [0.2, 0.25) is 5.69 Å². The highest BCUT2D eigenvalue weighted by Crippen LogP contribution is 2.37. The highest BCUT2D eigenvalue weighted by Gasteiger charge is 2.26. The Morgan fingerprint density at radius 3 is 2.10 bits per heavy atom. The van der Waals surface area contributed by atoms with Crippen molar-refractivity contribution in [3.63, 3.8) is 0 Å². The molecule has 0 aliphatic rings. The van der Waals surface area contributed by atoms with Gasteiger partial charge in [-0.1, -0.05) is 38.1 Å². The summed E-state index contributed by atoms with van der Waals surface area (Å²) in [7, 11) is 3.29. The largest absolute Gasteiger partial charge is 0.502 e. The van der Waals surface area contributed by atoms with Crippen molar-refractivity contribution in [2.75, 3.05) is 14.2 Å². The minimum Gasteiger partial charge on any atom is -0.502 e. The first kappa shape index (κ1) is 20.7. The van der Waals surface area contributed by atoms with Crippen LogP contribution in [0.4, 0.5) is 0 Å². The van der Waals surface area contributed by atoms with E-state index in [1.165, 1.54) is 5.56 Å². The molecule has 0 spiro atoms. The molecule has 4 heteroatoms. The number of phenolic OH excluding ortho intramolecular Hbond substituents is 1. The molecule has 0 amide bonds. The molecule has 3 aromatic carbocycles.